The predicted molar refractivity (Wildman–Crippen MR) is 64.8 cm³/mol. The van der Waals surface area contributed by atoms with E-state index in [1.165, 1.54) is 24.3 Å². The van der Waals surface area contributed by atoms with Crippen molar-refractivity contribution in [2.45, 2.75) is 26.4 Å². The van der Waals surface area contributed by atoms with Crippen molar-refractivity contribution in [1.29, 1.82) is 0 Å². The summed E-state index contributed by atoms with van der Waals surface area (Å²) in [6.07, 6.45) is 0. The number of hydrogen-bond acceptors (Lipinski definition) is 4. The number of ether oxygens (including phenoxy) is 1. The van der Waals surface area contributed by atoms with Gasteiger partial charge in [-0.1, -0.05) is 5.10 Å². The first-order valence-electron chi connectivity index (χ1n) is 5.74. The van der Waals surface area contributed by atoms with Crippen LogP contribution in [-0.4, -0.2) is 14.8 Å². The third-order valence-electron chi connectivity index (χ3n) is 2.49. The Labute approximate surface area is 104 Å². The van der Waals surface area contributed by atoms with Gasteiger partial charge in [-0.3, -0.25) is 4.57 Å². The molecule has 1 aromatic heterocycles. The van der Waals surface area contributed by atoms with Crippen LogP contribution in [0.5, 0.6) is 11.8 Å². The Morgan fingerprint density at radius 3 is 2.56 bits per heavy atom. The molecule has 0 amide bonds. The number of rotatable bonds is 4. The van der Waals surface area contributed by atoms with Gasteiger partial charge in [0.1, 0.15) is 11.6 Å². The van der Waals surface area contributed by atoms with E-state index in [4.69, 9.17) is 10.5 Å². The Kier molecular flexibility index (Phi) is 3.57. The second kappa shape index (κ2) is 5.14. The molecular weight excluding hydrogens is 235 g/mol. The maximum absolute atomic E-state index is 12.8. The van der Waals surface area contributed by atoms with Crippen LogP contribution in [0.25, 0.3) is 0 Å². The van der Waals surface area contributed by atoms with Crippen LogP contribution in [0.4, 0.5) is 4.39 Å². The lowest BCUT2D eigenvalue weighted by atomic mass is 10.3. The molecule has 5 nitrogen and oxygen atoms in total. The van der Waals surface area contributed by atoms with E-state index in [-0.39, 0.29) is 11.9 Å². The van der Waals surface area contributed by atoms with Crippen LogP contribution in [0.2, 0.25) is 0 Å². The first kappa shape index (κ1) is 12.5. The Morgan fingerprint density at radius 2 is 2.00 bits per heavy atom. The van der Waals surface area contributed by atoms with E-state index in [9.17, 15) is 4.39 Å². The van der Waals surface area contributed by atoms with Crippen LogP contribution >= 0.6 is 0 Å². The Morgan fingerprint density at radius 1 is 1.33 bits per heavy atom. The van der Waals surface area contributed by atoms with Crippen LogP contribution in [0.15, 0.2) is 24.3 Å². The molecule has 0 radical (unpaired) electrons. The summed E-state index contributed by atoms with van der Waals surface area (Å²) in [6, 6.07) is 5.87. The van der Waals surface area contributed by atoms with E-state index in [0.717, 1.165) is 0 Å². The number of nitrogens with zero attached hydrogens (tertiary/aromatic N) is 3. The molecule has 2 aromatic rings. The number of aromatic nitrogens is 3. The van der Waals surface area contributed by atoms with Crippen LogP contribution in [0.3, 0.4) is 0 Å². The summed E-state index contributed by atoms with van der Waals surface area (Å²) in [4.78, 5) is 0. The van der Waals surface area contributed by atoms with Gasteiger partial charge in [0, 0.05) is 6.54 Å². The molecule has 96 valence electrons. The fourth-order valence-electron chi connectivity index (χ4n) is 1.62. The quantitative estimate of drug-likeness (QED) is 0.903. The molecule has 0 saturated carbocycles. The van der Waals surface area contributed by atoms with Crippen molar-refractivity contribution >= 4 is 0 Å². The zero-order chi connectivity index (χ0) is 13.1. The molecule has 0 fully saturated rings. The van der Waals surface area contributed by atoms with Crippen LogP contribution < -0.4 is 10.5 Å². The van der Waals surface area contributed by atoms with Gasteiger partial charge in [-0.2, -0.15) is 0 Å². The number of nitrogens with two attached hydrogens (primary N) is 1. The van der Waals surface area contributed by atoms with Crippen LogP contribution in [0, 0.1) is 5.82 Å². The Balaban J connectivity index is 2.26. The average molecular weight is 250 g/mol. The van der Waals surface area contributed by atoms with Gasteiger partial charge in [0.25, 0.3) is 0 Å². The normalized spacial score (nSPS) is 12.4. The summed E-state index contributed by atoms with van der Waals surface area (Å²) in [5, 5.41) is 7.93. The van der Waals surface area contributed by atoms with Crippen molar-refractivity contribution in [2.75, 3.05) is 0 Å². The maximum Gasteiger partial charge on any atom is 0.322 e. The molecule has 0 aliphatic rings. The van der Waals surface area contributed by atoms with Crippen LogP contribution in [0.1, 0.15) is 25.7 Å². The molecule has 0 saturated heterocycles. The van der Waals surface area contributed by atoms with Crippen molar-refractivity contribution in [3.63, 3.8) is 0 Å². The largest absolute Gasteiger partial charge is 0.424 e. The fraction of sp³-hybridized carbons (Fsp3) is 0.333. The van der Waals surface area contributed by atoms with Crippen LogP contribution in [-0.2, 0) is 6.54 Å². The van der Waals surface area contributed by atoms with E-state index in [2.05, 4.69) is 10.2 Å². The van der Waals surface area contributed by atoms with Crippen molar-refractivity contribution in [3.05, 3.63) is 35.9 Å². The second-order valence-corrected chi connectivity index (χ2v) is 3.93. The Hall–Kier alpha value is -1.95. The summed E-state index contributed by atoms with van der Waals surface area (Å²) in [5.74, 6) is 0.861. The molecule has 0 spiro atoms. The highest BCUT2D eigenvalue weighted by Crippen LogP contribution is 2.22. The minimum Gasteiger partial charge on any atom is -0.424 e. The first-order valence-corrected chi connectivity index (χ1v) is 5.74. The molecule has 0 aliphatic carbocycles. The van der Waals surface area contributed by atoms with Gasteiger partial charge in [0.15, 0.2) is 5.82 Å². The Bertz CT molecular complexity index is 521. The summed E-state index contributed by atoms with van der Waals surface area (Å²) < 4.78 is 20.1. The highest BCUT2D eigenvalue weighted by molar-refractivity contribution is 5.25. The lowest BCUT2D eigenvalue weighted by Gasteiger charge is -2.09. The maximum atomic E-state index is 12.8. The van der Waals surface area contributed by atoms with Gasteiger partial charge >= 0.3 is 6.01 Å². The smallest absolute Gasteiger partial charge is 0.322 e. The molecule has 1 atom stereocenters. The van der Waals surface area contributed by atoms with Crippen molar-refractivity contribution in [2.24, 2.45) is 5.73 Å². The fourth-order valence-corrected chi connectivity index (χ4v) is 1.62. The van der Waals surface area contributed by atoms with Gasteiger partial charge in [-0.15, -0.1) is 5.10 Å². The van der Waals surface area contributed by atoms with E-state index in [1.54, 1.807) is 4.57 Å². The second-order valence-electron chi connectivity index (χ2n) is 3.93. The topological polar surface area (TPSA) is 66.0 Å². The molecule has 1 heterocycles. The number of halogens is 1. The lowest BCUT2D eigenvalue weighted by Crippen LogP contribution is -2.13. The summed E-state index contributed by atoms with van der Waals surface area (Å²) in [5.41, 5.74) is 5.79. The molecule has 1 aromatic carbocycles. The zero-order valence-electron chi connectivity index (χ0n) is 10.3. The molecule has 2 rings (SSSR count). The highest BCUT2D eigenvalue weighted by atomic mass is 19.1. The van der Waals surface area contributed by atoms with Crippen molar-refractivity contribution in [1.82, 2.24) is 14.8 Å². The molecule has 0 aliphatic heterocycles. The molecule has 18 heavy (non-hydrogen) atoms. The van der Waals surface area contributed by atoms with Gasteiger partial charge in [0.05, 0.1) is 6.04 Å². The standard InChI is InChI=1S/C12H15FN4O/c1-3-17-11(8(2)14)15-16-12(17)18-10-6-4-9(13)5-7-10/h4-8H,3,14H2,1-2H3. The highest BCUT2D eigenvalue weighted by Gasteiger charge is 2.15. The minimum absolute atomic E-state index is 0.219. The molecular formula is C12H15FN4O. The monoisotopic (exact) mass is 250 g/mol. The van der Waals surface area contributed by atoms with Crippen molar-refractivity contribution < 1.29 is 9.13 Å². The van der Waals surface area contributed by atoms with E-state index < -0.39 is 0 Å². The number of hydrogen-bond donors (Lipinski definition) is 1. The third kappa shape index (κ3) is 2.48. The predicted octanol–water partition coefficient (Wildman–Crippen LogP) is 2.25. The third-order valence-corrected chi connectivity index (χ3v) is 2.49. The van der Waals surface area contributed by atoms with E-state index in [1.807, 2.05) is 13.8 Å². The summed E-state index contributed by atoms with van der Waals surface area (Å²) in [7, 11) is 0. The van der Waals surface area contributed by atoms with Gasteiger partial charge in [0.2, 0.25) is 0 Å². The molecule has 2 N–H and O–H groups in total. The summed E-state index contributed by atoms with van der Waals surface area (Å²) >= 11 is 0. The average Bonchev–Trinajstić information content (AvgIpc) is 2.75. The summed E-state index contributed by atoms with van der Waals surface area (Å²) in [6.45, 7) is 4.44. The van der Waals surface area contributed by atoms with Crippen molar-refractivity contribution in [3.8, 4) is 11.8 Å². The number of benzene rings is 1. The molecule has 6 heteroatoms. The SMILES string of the molecule is CCn1c(Oc2ccc(F)cc2)nnc1C(C)N. The van der Waals surface area contributed by atoms with Gasteiger partial charge in [-0.05, 0) is 38.1 Å². The minimum atomic E-state index is -0.310. The lowest BCUT2D eigenvalue weighted by molar-refractivity contribution is 0.408. The van der Waals surface area contributed by atoms with Gasteiger partial charge < -0.3 is 10.5 Å². The van der Waals surface area contributed by atoms with E-state index in [0.29, 0.717) is 24.1 Å². The van der Waals surface area contributed by atoms with E-state index >= 15 is 0 Å². The molecule has 1 unspecified atom stereocenters. The molecule has 0 bridgehead atoms. The van der Waals surface area contributed by atoms with Gasteiger partial charge in [-0.25, -0.2) is 4.39 Å². The first-order chi connectivity index (χ1) is 8.61. The zero-order valence-corrected chi connectivity index (χ0v) is 10.3.